The summed E-state index contributed by atoms with van der Waals surface area (Å²) in [6.45, 7) is 3.92. The predicted molar refractivity (Wildman–Crippen MR) is 88.6 cm³/mol. The fourth-order valence-electron chi connectivity index (χ4n) is 3.51. The fraction of sp³-hybridized carbons (Fsp3) is 0.167. The maximum absolute atomic E-state index is 13.0. The Kier molecular flexibility index (Phi) is 2.67. The Labute approximate surface area is 136 Å². The molecule has 2 N–H and O–H groups in total. The number of rotatable bonds is 1. The minimum absolute atomic E-state index is 0.0496. The molecule has 120 valence electrons. The first-order valence-corrected chi connectivity index (χ1v) is 7.49. The number of aromatic hydroxyl groups is 1. The summed E-state index contributed by atoms with van der Waals surface area (Å²) < 4.78 is 0. The number of H-pyrrole nitrogens is 1. The summed E-state index contributed by atoms with van der Waals surface area (Å²) in [5.41, 5.74) is 2.53. The van der Waals surface area contributed by atoms with Gasteiger partial charge in [0.1, 0.15) is 5.75 Å². The number of nitrogens with zero attached hydrogens (tertiary/aromatic N) is 1. The summed E-state index contributed by atoms with van der Waals surface area (Å²) >= 11 is 0. The average Bonchev–Trinajstić information content (AvgIpc) is 2.92. The van der Waals surface area contributed by atoms with E-state index in [4.69, 9.17) is 0 Å². The van der Waals surface area contributed by atoms with Gasteiger partial charge >= 0.3 is 0 Å². The number of carbonyl (C=O) groups excluding carboxylic acids is 1. The first-order chi connectivity index (χ1) is 11.3. The molecular weight excluding hydrogens is 308 g/mol. The summed E-state index contributed by atoms with van der Waals surface area (Å²) in [6.07, 6.45) is 0. The van der Waals surface area contributed by atoms with Crippen molar-refractivity contribution >= 4 is 22.4 Å². The van der Waals surface area contributed by atoms with Crippen molar-refractivity contribution in [3.05, 3.63) is 68.9 Å². The molecule has 6 heteroatoms. The van der Waals surface area contributed by atoms with E-state index in [0.717, 1.165) is 5.56 Å². The Morgan fingerprint density at radius 3 is 2.62 bits per heavy atom. The van der Waals surface area contributed by atoms with E-state index in [0.29, 0.717) is 27.7 Å². The monoisotopic (exact) mass is 322 g/mol. The molecule has 4 rings (SSSR count). The molecule has 0 saturated carbocycles. The van der Waals surface area contributed by atoms with E-state index < -0.39 is 10.3 Å². The second-order valence-corrected chi connectivity index (χ2v) is 6.55. The van der Waals surface area contributed by atoms with Gasteiger partial charge in [0.05, 0.1) is 10.5 Å². The third kappa shape index (κ3) is 1.73. The number of aromatic amines is 1. The van der Waals surface area contributed by atoms with Crippen LogP contribution >= 0.6 is 0 Å². The smallest absolute Gasteiger partial charge is 0.270 e. The van der Waals surface area contributed by atoms with Crippen LogP contribution in [0.5, 0.6) is 5.75 Å². The lowest BCUT2D eigenvalue weighted by Gasteiger charge is -2.32. The first-order valence-electron chi connectivity index (χ1n) is 7.49. The van der Waals surface area contributed by atoms with Gasteiger partial charge in [0, 0.05) is 39.7 Å². The van der Waals surface area contributed by atoms with Crippen molar-refractivity contribution in [2.24, 2.45) is 0 Å². The van der Waals surface area contributed by atoms with Crippen molar-refractivity contribution in [3.8, 4) is 5.75 Å². The number of carbonyl (C=O) groups is 1. The average molecular weight is 322 g/mol. The molecule has 0 bridgehead atoms. The number of ketones is 1. The maximum Gasteiger partial charge on any atom is 0.270 e. The molecule has 1 aliphatic carbocycles. The molecule has 0 fully saturated rings. The number of phenols is 1. The molecule has 0 radical (unpaired) electrons. The number of phenolic OH excluding ortho intramolecular Hbond substituents is 1. The molecule has 0 spiro atoms. The zero-order valence-corrected chi connectivity index (χ0v) is 13.1. The first kappa shape index (κ1) is 14.4. The Bertz CT molecular complexity index is 1050. The van der Waals surface area contributed by atoms with Crippen molar-refractivity contribution in [2.75, 3.05) is 0 Å². The summed E-state index contributed by atoms with van der Waals surface area (Å²) in [5.74, 6) is -0.0871. The van der Waals surface area contributed by atoms with Crippen LogP contribution in [0.1, 0.15) is 41.0 Å². The number of nitro benzene ring substituents is 1. The molecule has 24 heavy (non-hydrogen) atoms. The molecule has 1 aromatic heterocycles. The lowest BCUT2D eigenvalue weighted by Crippen LogP contribution is -2.30. The third-order valence-corrected chi connectivity index (χ3v) is 4.77. The normalized spacial score (nSPS) is 15.2. The number of benzene rings is 2. The quantitative estimate of drug-likeness (QED) is 0.528. The van der Waals surface area contributed by atoms with E-state index in [-0.39, 0.29) is 17.2 Å². The van der Waals surface area contributed by atoms with Gasteiger partial charge in [0.2, 0.25) is 0 Å². The number of aromatic nitrogens is 1. The van der Waals surface area contributed by atoms with Crippen LogP contribution in [0.15, 0.2) is 36.4 Å². The summed E-state index contributed by atoms with van der Waals surface area (Å²) in [6, 6.07) is 9.16. The molecule has 2 aromatic carbocycles. The van der Waals surface area contributed by atoms with Gasteiger partial charge in [-0.25, -0.2) is 0 Å². The van der Waals surface area contributed by atoms with Gasteiger partial charge in [-0.05, 0) is 29.8 Å². The van der Waals surface area contributed by atoms with Gasteiger partial charge in [0.15, 0.2) is 5.78 Å². The highest BCUT2D eigenvalue weighted by Gasteiger charge is 2.40. The van der Waals surface area contributed by atoms with Crippen LogP contribution in [-0.4, -0.2) is 20.8 Å². The summed E-state index contributed by atoms with van der Waals surface area (Å²) in [5, 5.41) is 21.4. The van der Waals surface area contributed by atoms with E-state index in [1.807, 2.05) is 13.8 Å². The van der Waals surface area contributed by atoms with Gasteiger partial charge in [-0.3, -0.25) is 14.9 Å². The zero-order chi connectivity index (χ0) is 17.2. The maximum atomic E-state index is 13.0. The predicted octanol–water partition coefficient (Wildman–Crippen LogP) is 3.65. The van der Waals surface area contributed by atoms with Crippen LogP contribution in [0, 0.1) is 10.1 Å². The zero-order valence-electron chi connectivity index (χ0n) is 13.1. The number of non-ortho nitro benzene ring substituents is 1. The van der Waals surface area contributed by atoms with E-state index in [1.54, 1.807) is 18.2 Å². The SMILES string of the molecule is CC1(C)c2cc(O)ccc2C(=O)c2c1[nH]c1ccc([N+](=O)[O-])cc21. The lowest BCUT2D eigenvalue weighted by molar-refractivity contribution is -0.384. The van der Waals surface area contributed by atoms with Crippen LogP contribution in [0.4, 0.5) is 5.69 Å². The molecule has 0 aliphatic heterocycles. The van der Waals surface area contributed by atoms with E-state index in [2.05, 4.69) is 4.98 Å². The Morgan fingerprint density at radius 1 is 1.17 bits per heavy atom. The summed E-state index contributed by atoms with van der Waals surface area (Å²) in [7, 11) is 0. The Morgan fingerprint density at radius 2 is 1.92 bits per heavy atom. The topological polar surface area (TPSA) is 96.2 Å². The van der Waals surface area contributed by atoms with Gasteiger partial charge in [-0.2, -0.15) is 0 Å². The minimum atomic E-state index is -0.537. The lowest BCUT2D eigenvalue weighted by atomic mass is 9.71. The molecule has 0 amide bonds. The number of hydrogen-bond donors (Lipinski definition) is 2. The van der Waals surface area contributed by atoms with Gasteiger partial charge in [-0.1, -0.05) is 13.8 Å². The van der Waals surface area contributed by atoms with E-state index >= 15 is 0 Å². The molecule has 6 nitrogen and oxygen atoms in total. The molecule has 0 unspecified atom stereocenters. The number of fused-ring (bicyclic) bond motifs is 4. The van der Waals surface area contributed by atoms with Crippen molar-refractivity contribution in [2.45, 2.75) is 19.3 Å². The van der Waals surface area contributed by atoms with Crippen LogP contribution in [0.2, 0.25) is 0 Å². The number of nitro groups is 1. The minimum Gasteiger partial charge on any atom is -0.508 e. The fourth-order valence-corrected chi connectivity index (χ4v) is 3.51. The van der Waals surface area contributed by atoms with Crippen LogP contribution in [0.25, 0.3) is 10.9 Å². The molecule has 0 saturated heterocycles. The third-order valence-electron chi connectivity index (χ3n) is 4.77. The second kappa shape index (κ2) is 4.44. The van der Waals surface area contributed by atoms with Gasteiger partial charge < -0.3 is 10.1 Å². The molecule has 1 heterocycles. The Hall–Kier alpha value is -3.15. The van der Waals surface area contributed by atoms with Crippen molar-refractivity contribution in [1.29, 1.82) is 0 Å². The van der Waals surface area contributed by atoms with E-state index in [1.165, 1.54) is 18.2 Å². The number of hydrogen-bond acceptors (Lipinski definition) is 4. The largest absolute Gasteiger partial charge is 0.508 e. The van der Waals surface area contributed by atoms with E-state index in [9.17, 15) is 20.0 Å². The highest BCUT2D eigenvalue weighted by molar-refractivity contribution is 6.20. The molecule has 3 aromatic rings. The van der Waals surface area contributed by atoms with Gasteiger partial charge in [-0.15, -0.1) is 0 Å². The number of nitrogens with one attached hydrogen (secondary N) is 1. The highest BCUT2D eigenvalue weighted by Crippen LogP contribution is 2.44. The van der Waals surface area contributed by atoms with Crippen LogP contribution < -0.4 is 0 Å². The second-order valence-electron chi connectivity index (χ2n) is 6.55. The van der Waals surface area contributed by atoms with Crippen LogP contribution in [0.3, 0.4) is 0 Å². The standard InChI is InChI=1S/C18H14N2O4/c1-18(2)13-8-10(21)4-5-11(13)16(22)15-12-7-9(20(23)24)3-6-14(12)19-17(15)18/h3-8,19,21H,1-2H3. The molecular formula is C18H14N2O4. The summed E-state index contributed by atoms with van der Waals surface area (Å²) in [4.78, 5) is 26.8. The molecule has 0 atom stereocenters. The Balaban J connectivity index is 2.08. The van der Waals surface area contributed by atoms with Crippen molar-refractivity contribution in [1.82, 2.24) is 4.98 Å². The van der Waals surface area contributed by atoms with Crippen molar-refractivity contribution < 1.29 is 14.8 Å². The highest BCUT2D eigenvalue weighted by atomic mass is 16.6. The molecule has 1 aliphatic rings. The van der Waals surface area contributed by atoms with Crippen molar-refractivity contribution in [3.63, 3.8) is 0 Å². The van der Waals surface area contributed by atoms with Crippen LogP contribution in [-0.2, 0) is 5.41 Å². The van der Waals surface area contributed by atoms with Gasteiger partial charge in [0.25, 0.3) is 5.69 Å².